The number of aromatic nitrogens is 2. The number of fused-ring (bicyclic) bond motifs is 1. The number of thiophene rings is 1. The highest BCUT2D eigenvalue weighted by molar-refractivity contribution is 8.01. The molecule has 0 radical (unpaired) electrons. The van der Waals surface area contributed by atoms with E-state index in [1.165, 1.54) is 28.0 Å². The molecule has 9 heteroatoms. The quantitative estimate of drug-likeness (QED) is 0.432. The number of benzene rings is 1. The van der Waals surface area contributed by atoms with Gasteiger partial charge in [0.25, 0.3) is 0 Å². The first-order chi connectivity index (χ1) is 13.7. The number of hydrogen-bond donors (Lipinski definition) is 1. The molecule has 1 aliphatic rings. The Morgan fingerprint density at radius 3 is 2.86 bits per heavy atom. The molecule has 0 saturated carbocycles. The Morgan fingerprint density at radius 2 is 2.07 bits per heavy atom. The highest BCUT2D eigenvalue weighted by Crippen LogP contribution is 2.37. The smallest absolute Gasteiger partial charge is 0.235 e. The maximum Gasteiger partial charge on any atom is 0.235 e. The predicted molar refractivity (Wildman–Crippen MR) is 117 cm³/mol. The number of nitrogens with one attached hydrogen (secondary N) is 1. The number of anilines is 1. The predicted octanol–water partition coefficient (Wildman–Crippen LogP) is 5.21. The number of nitriles is 1. The first-order valence-corrected chi connectivity index (χ1v) is 11.8. The summed E-state index contributed by atoms with van der Waals surface area (Å²) in [7, 11) is 0. The number of thioether (sulfide) groups is 1. The number of carbonyl (C=O) groups excluding carboxylic acids is 1. The molecule has 0 fully saturated rings. The van der Waals surface area contributed by atoms with Crippen LogP contribution >= 0.6 is 46.7 Å². The summed E-state index contributed by atoms with van der Waals surface area (Å²) in [5.74, 6) is 0.0947. The van der Waals surface area contributed by atoms with Gasteiger partial charge in [-0.3, -0.25) is 4.79 Å². The average molecular weight is 445 g/mol. The van der Waals surface area contributed by atoms with Crippen molar-refractivity contribution in [1.82, 2.24) is 9.78 Å². The normalized spacial score (nSPS) is 13.0. The number of aryl methyl sites for hydroxylation is 1. The van der Waals surface area contributed by atoms with Gasteiger partial charge in [0.1, 0.15) is 11.1 Å². The Bertz CT molecular complexity index is 1110. The number of carbonyl (C=O) groups is 1. The molecule has 0 spiro atoms. The van der Waals surface area contributed by atoms with Gasteiger partial charge >= 0.3 is 0 Å². The molecular formula is C19H16N4OS4. The van der Waals surface area contributed by atoms with Crippen molar-refractivity contribution in [1.29, 1.82) is 5.26 Å². The molecule has 1 N–H and O–H groups in total. The van der Waals surface area contributed by atoms with Crippen molar-refractivity contribution in [2.75, 3.05) is 11.1 Å². The SMILES string of the molecule is N#Cc1c(NC(=O)CSc2nn(-c3ccccc3)c(=S)s2)sc2c1CCCC2. The maximum absolute atomic E-state index is 12.4. The Balaban J connectivity index is 1.43. The van der Waals surface area contributed by atoms with Crippen LogP contribution in [0.1, 0.15) is 28.8 Å². The van der Waals surface area contributed by atoms with Gasteiger partial charge in [0.2, 0.25) is 5.91 Å². The van der Waals surface area contributed by atoms with Gasteiger partial charge in [-0.25, -0.2) is 4.68 Å². The molecule has 4 rings (SSSR count). The molecule has 1 amide bonds. The summed E-state index contributed by atoms with van der Waals surface area (Å²) in [6.45, 7) is 0. The molecule has 0 saturated heterocycles. The Hall–Kier alpha value is -1.99. The van der Waals surface area contributed by atoms with Crippen molar-refractivity contribution in [3.8, 4) is 11.8 Å². The van der Waals surface area contributed by atoms with Crippen LogP contribution in [0.5, 0.6) is 0 Å². The third-order valence-corrected chi connectivity index (χ3v) is 7.97. The van der Waals surface area contributed by atoms with Crippen LogP contribution in [-0.2, 0) is 17.6 Å². The van der Waals surface area contributed by atoms with E-state index in [2.05, 4.69) is 16.5 Å². The second kappa shape index (κ2) is 8.57. The number of amides is 1. The van der Waals surface area contributed by atoms with Crippen molar-refractivity contribution in [3.05, 3.63) is 50.3 Å². The van der Waals surface area contributed by atoms with Gasteiger partial charge in [-0.15, -0.1) is 16.4 Å². The van der Waals surface area contributed by atoms with Crippen LogP contribution < -0.4 is 5.32 Å². The molecular weight excluding hydrogens is 429 g/mol. The van der Waals surface area contributed by atoms with Gasteiger partial charge < -0.3 is 5.32 Å². The van der Waals surface area contributed by atoms with Crippen LogP contribution in [0.2, 0.25) is 0 Å². The highest BCUT2D eigenvalue weighted by atomic mass is 32.2. The van der Waals surface area contributed by atoms with Crippen molar-refractivity contribution >= 4 is 57.6 Å². The molecule has 28 heavy (non-hydrogen) atoms. The molecule has 3 aromatic rings. The molecule has 0 bridgehead atoms. The van der Waals surface area contributed by atoms with E-state index in [1.54, 1.807) is 16.0 Å². The van der Waals surface area contributed by atoms with Gasteiger partial charge in [-0.2, -0.15) is 5.26 Å². The molecule has 2 heterocycles. The fraction of sp³-hybridized carbons (Fsp3) is 0.263. The van der Waals surface area contributed by atoms with Gasteiger partial charge in [0.05, 0.1) is 17.0 Å². The van der Waals surface area contributed by atoms with Crippen LogP contribution in [0.25, 0.3) is 5.69 Å². The summed E-state index contributed by atoms with van der Waals surface area (Å²) >= 11 is 9.68. The Labute approximate surface area is 180 Å². The lowest BCUT2D eigenvalue weighted by Gasteiger charge is -2.09. The fourth-order valence-corrected chi connectivity index (χ4v) is 6.53. The van der Waals surface area contributed by atoms with Gasteiger partial charge in [-0.1, -0.05) is 41.3 Å². The molecule has 5 nitrogen and oxygen atoms in total. The lowest BCUT2D eigenvalue weighted by Crippen LogP contribution is -2.14. The molecule has 1 aromatic carbocycles. The minimum atomic E-state index is -0.132. The number of para-hydroxylation sites is 1. The molecule has 142 valence electrons. The number of nitrogens with zero attached hydrogens (tertiary/aromatic N) is 3. The van der Waals surface area contributed by atoms with Crippen molar-refractivity contribution in [3.63, 3.8) is 0 Å². The third-order valence-electron chi connectivity index (χ3n) is 4.39. The molecule has 0 atom stereocenters. The second-order valence-electron chi connectivity index (χ2n) is 6.24. The van der Waals surface area contributed by atoms with E-state index >= 15 is 0 Å². The van der Waals surface area contributed by atoms with E-state index in [0.717, 1.165) is 41.3 Å². The van der Waals surface area contributed by atoms with Gasteiger partial charge in [0, 0.05) is 4.88 Å². The largest absolute Gasteiger partial charge is 0.316 e. The van der Waals surface area contributed by atoms with Crippen LogP contribution in [0, 0.1) is 15.3 Å². The van der Waals surface area contributed by atoms with E-state index in [1.807, 2.05) is 30.3 Å². The molecule has 0 unspecified atom stereocenters. The van der Waals surface area contributed by atoms with Crippen molar-refractivity contribution < 1.29 is 4.79 Å². The summed E-state index contributed by atoms with van der Waals surface area (Å²) in [5, 5.41) is 17.6. The minimum absolute atomic E-state index is 0.132. The van der Waals surface area contributed by atoms with E-state index in [4.69, 9.17) is 12.2 Å². The first-order valence-electron chi connectivity index (χ1n) is 8.78. The van der Waals surface area contributed by atoms with Crippen LogP contribution in [0.15, 0.2) is 34.7 Å². The summed E-state index contributed by atoms with van der Waals surface area (Å²) < 4.78 is 3.10. The van der Waals surface area contributed by atoms with Crippen molar-refractivity contribution in [2.45, 2.75) is 30.0 Å². The van der Waals surface area contributed by atoms with E-state index in [9.17, 15) is 10.1 Å². The van der Waals surface area contributed by atoms with Gasteiger partial charge in [0.15, 0.2) is 8.29 Å². The summed E-state index contributed by atoms with van der Waals surface area (Å²) in [5.41, 5.74) is 2.67. The zero-order valence-electron chi connectivity index (χ0n) is 14.8. The Morgan fingerprint density at radius 1 is 1.29 bits per heavy atom. The monoisotopic (exact) mass is 444 g/mol. The standard InChI is InChI=1S/C19H16N4OS4/c20-10-14-13-8-4-5-9-15(13)27-17(14)21-16(24)11-26-18-22-23(19(25)28-18)12-6-2-1-3-7-12/h1-3,6-7H,4-5,8-9,11H2,(H,21,24). The second-order valence-corrected chi connectivity index (χ2v) is 10.2. The maximum atomic E-state index is 12.4. The Kier molecular flexibility index (Phi) is 5.92. The molecule has 2 aromatic heterocycles. The summed E-state index contributed by atoms with van der Waals surface area (Å²) in [6.07, 6.45) is 4.19. The zero-order chi connectivity index (χ0) is 19.5. The highest BCUT2D eigenvalue weighted by Gasteiger charge is 2.22. The number of rotatable bonds is 5. The average Bonchev–Trinajstić information content (AvgIpc) is 3.26. The summed E-state index contributed by atoms with van der Waals surface area (Å²) in [6, 6.07) is 12.0. The summed E-state index contributed by atoms with van der Waals surface area (Å²) in [4.78, 5) is 13.7. The van der Waals surface area contributed by atoms with E-state index < -0.39 is 0 Å². The minimum Gasteiger partial charge on any atom is -0.316 e. The topological polar surface area (TPSA) is 70.7 Å². The van der Waals surface area contributed by atoms with Crippen LogP contribution in [-0.4, -0.2) is 21.4 Å². The third kappa shape index (κ3) is 4.05. The number of hydrogen-bond acceptors (Lipinski definition) is 7. The van der Waals surface area contributed by atoms with Crippen molar-refractivity contribution in [2.24, 2.45) is 0 Å². The lowest BCUT2D eigenvalue weighted by molar-refractivity contribution is -0.113. The lowest BCUT2D eigenvalue weighted by atomic mass is 9.96. The van der Waals surface area contributed by atoms with Gasteiger partial charge in [-0.05, 0) is 55.6 Å². The molecule has 1 aliphatic carbocycles. The van der Waals surface area contributed by atoms with Crippen LogP contribution in [0.4, 0.5) is 5.00 Å². The first kappa shape index (κ1) is 19.3. The van der Waals surface area contributed by atoms with E-state index in [-0.39, 0.29) is 11.7 Å². The van der Waals surface area contributed by atoms with Crippen LogP contribution in [0.3, 0.4) is 0 Å². The molecule has 0 aliphatic heterocycles. The fourth-order valence-electron chi connectivity index (χ4n) is 3.11. The zero-order valence-corrected chi connectivity index (χ0v) is 18.1. The van der Waals surface area contributed by atoms with E-state index in [0.29, 0.717) is 14.5 Å².